The highest BCUT2D eigenvalue weighted by molar-refractivity contribution is 6.32. The zero-order valence-electron chi connectivity index (χ0n) is 13.7. The number of amides is 2. The number of aryl methyl sites for hydroxylation is 1. The molecule has 1 heterocycles. The Morgan fingerprint density at radius 1 is 1.42 bits per heavy atom. The van der Waals surface area contributed by atoms with Gasteiger partial charge in [-0.3, -0.25) is 10.1 Å². The first-order chi connectivity index (χ1) is 11.3. The molecule has 0 spiro atoms. The number of anilines is 1. The van der Waals surface area contributed by atoms with E-state index in [1.807, 2.05) is 25.1 Å². The lowest BCUT2D eigenvalue weighted by Gasteiger charge is -2.19. The van der Waals surface area contributed by atoms with Crippen molar-refractivity contribution in [3.8, 4) is 5.69 Å². The minimum absolute atomic E-state index is 0.103. The van der Waals surface area contributed by atoms with Gasteiger partial charge in [0.1, 0.15) is 0 Å². The van der Waals surface area contributed by atoms with Gasteiger partial charge in [-0.15, -0.1) is 5.10 Å². The minimum Gasteiger partial charge on any atom is -0.481 e. The van der Waals surface area contributed by atoms with Crippen LogP contribution in [0.25, 0.3) is 5.69 Å². The van der Waals surface area contributed by atoms with E-state index in [2.05, 4.69) is 10.4 Å². The monoisotopic (exact) mass is 350 g/mol. The van der Waals surface area contributed by atoms with Crippen LogP contribution in [-0.4, -0.2) is 45.4 Å². The van der Waals surface area contributed by atoms with Gasteiger partial charge < -0.3 is 10.0 Å². The first-order valence-corrected chi connectivity index (χ1v) is 7.74. The molecule has 2 N–H and O–H groups in total. The van der Waals surface area contributed by atoms with Crippen molar-refractivity contribution in [2.24, 2.45) is 5.92 Å². The van der Waals surface area contributed by atoms with E-state index in [0.717, 1.165) is 5.69 Å². The highest BCUT2D eigenvalue weighted by atomic mass is 35.5. The number of carboxylic acids is 1. The number of carbonyl (C=O) groups is 2. The number of aromatic nitrogens is 2. The van der Waals surface area contributed by atoms with Crippen molar-refractivity contribution in [2.75, 3.05) is 18.9 Å². The molecule has 128 valence electrons. The van der Waals surface area contributed by atoms with Gasteiger partial charge in [0.2, 0.25) is 0 Å². The first-order valence-electron chi connectivity index (χ1n) is 7.36. The van der Waals surface area contributed by atoms with Crippen molar-refractivity contribution in [2.45, 2.75) is 13.8 Å². The number of para-hydroxylation sites is 1. The van der Waals surface area contributed by atoms with E-state index in [9.17, 15) is 9.59 Å². The summed E-state index contributed by atoms with van der Waals surface area (Å²) < 4.78 is 1.64. The fraction of sp³-hybridized carbons (Fsp3) is 0.312. The molecule has 0 saturated heterocycles. The number of nitrogens with zero attached hydrogens (tertiary/aromatic N) is 3. The Labute approximate surface area is 144 Å². The topological polar surface area (TPSA) is 87.5 Å². The molecule has 2 amide bonds. The summed E-state index contributed by atoms with van der Waals surface area (Å²) in [6, 6.07) is 8.56. The van der Waals surface area contributed by atoms with E-state index in [1.54, 1.807) is 23.7 Å². The maximum Gasteiger partial charge on any atom is 0.322 e. The zero-order valence-corrected chi connectivity index (χ0v) is 14.4. The molecule has 1 unspecified atom stereocenters. The largest absolute Gasteiger partial charge is 0.481 e. The van der Waals surface area contributed by atoms with Gasteiger partial charge in [0.05, 0.1) is 16.6 Å². The quantitative estimate of drug-likeness (QED) is 0.867. The van der Waals surface area contributed by atoms with Crippen LogP contribution in [0.3, 0.4) is 0 Å². The van der Waals surface area contributed by atoms with E-state index < -0.39 is 17.9 Å². The molecular formula is C16H19ClN4O3. The standard InChI is InChI=1S/C16H19ClN4O3/c1-10(15(22)23)9-20(3)16(24)18-14-8-11(2)21(19-14)13-7-5-4-6-12(13)17/h4-8,10H,9H2,1-3H3,(H,22,23)(H,18,19,24). The van der Waals surface area contributed by atoms with Crippen molar-refractivity contribution in [1.29, 1.82) is 0 Å². The third-order valence-electron chi connectivity index (χ3n) is 3.52. The molecule has 1 aromatic heterocycles. The summed E-state index contributed by atoms with van der Waals surface area (Å²) in [5, 5.41) is 16.4. The summed E-state index contributed by atoms with van der Waals surface area (Å²) in [6.07, 6.45) is 0. The molecule has 1 aromatic carbocycles. The summed E-state index contributed by atoms with van der Waals surface area (Å²) in [5.74, 6) is -1.23. The summed E-state index contributed by atoms with van der Waals surface area (Å²) in [5.41, 5.74) is 1.52. The Balaban J connectivity index is 2.12. The first kappa shape index (κ1) is 17.8. The predicted octanol–water partition coefficient (Wildman–Crippen LogP) is 3.02. The Hall–Kier alpha value is -2.54. The van der Waals surface area contributed by atoms with Gasteiger partial charge in [0.15, 0.2) is 5.82 Å². The molecule has 0 fully saturated rings. The number of aliphatic carboxylic acids is 1. The Morgan fingerprint density at radius 2 is 2.08 bits per heavy atom. The second-order valence-electron chi connectivity index (χ2n) is 5.58. The smallest absolute Gasteiger partial charge is 0.322 e. The fourth-order valence-electron chi connectivity index (χ4n) is 2.18. The number of carboxylic acid groups (broad SMARTS) is 1. The maximum atomic E-state index is 12.1. The number of benzene rings is 1. The molecule has 0 radical (unpaired) electrons. The highest BCUT2D eigenvalue weighted by Gasteiger charge is 2.18. The second kappa shape index (κ2) is 7.35. The Morgan fingerprint density at radius 3 is 2.71 bits per heavy atom. The van der Waals surface area contributed by atoms with Gasteiger partial charge in [0, 0.05) is 25.4 Å². The average molecular weight is 351 g/mol. The van der Waals surface area contributed by atoms with Crippen LogP contribution in [-0.2, 0) is 4.79 Å². The number of nitrogens with one attached hydrogen (secondary N) is 1. The number of carbonyl (C=O) groups excluding carboxylic acids is 1. The Kier molecular flexibility index (Phi) is 5.46. The molecule has 0 saturated carbocycles. The van der Waals surface area contributed by atoms with Crippen molar-refractivity contribution >= 4 is 29.4 Å². The maximum absolute atomic E-state index is 12.1. The summed E-state index contributed by atoms with van der Waals surface area (Å²) >= 11 is 6.17. The number of halogens is 1. The van der Waals surface area contributed by atoms with Gasteiger partial charge in [-0.1, -0.05) is 30.7 Å². The van der Waals surface area contributed by atoms with Crippen molar-refractivity contribution in [1.82, 2.24) is 14.7 Å². The molecule has 8 heteroatoms. The highest BCUT2D eigenvalue weighted by Crippen LogP contribution is 2.22. The van der Waals surface area contributed by atoms with E-state index in [1.165, 1.54) is 11.9 Å². The number of urea groups is 1. The second-order valence-corrected chi connectivity index (χ2v) is 5.99. The van der Waals surface area contributed by atoms with E-state index in [0.29, 0.717) is 16.5 Å². The van der Waals surface area contributed by atoms with Crippen LogP contribution >= 0.6 is 11.6 Å². The summed E-state index contributed by atoms with van der Waals surface area (Å²) in [7, 11) is 1.53. The van der Waals surface area contributed by atoms with Crippen LogP contribution in [0.2, 0.25) is 5.02 Å². The third-order valence-corrected chi connectivity index (χ3v) is 3.84. The van der Waals surface area contributed by atoms with Crippen LogP contribution < -0.4 is 5.32 Å². The predicted molar refractivity (Wildman–Crippen MR) is 91.8 cm³/mol. The van der Waals surface area contributed by atoms with Gasteiger partial charge in [0.25, 0.3) is 0 Å². The zero-order chi connectivity index (χ0) is 17.9. The summed E-state index contributed by atoms with van der Waals surface area (Å²) in [4.78, 5) is 24.3. The van der Waals surface area contributed by atoms with Crippen molar-refractivity contribution in [3.05, 3.63) is 41.0 Å². The lowest BCUT2D eigenvalue weighted by molar-refractivity contribution is -0.141. The van der Waals surface area contributed by atoms with Crippen LogP contribution in [0.1, 0.15) is 12.6 Å². The van der Waals surface area contributed by atoms with E-state index in [4.69, 9.17) is 16.7 Å². The number of hydrogen-bond donors (Lipinski definition) is 2. The molecule has 0 aliphatic rings. The van der Waals surface area contributed by atoms with Gasteiger partial charge >= 0.3 is 12.0 Å². The van der Waals surface area contributed by atoms with Gasteiger partial charge in [-0.25, -0.2) is 9.48 Å². The molecule has 2 aromatic rings. The third kappa shape index (κ3) is 4.05. The van der Waals surface area contributed by atoms with Crippen molar-refractivity contribution in [3.63, 3.8) is 0 Å². The van der Waals surface area contributed by atoms with Crippen LogP contribution in [0.4, 0.5) is 10.6 Å². The Bertz CT molecular complexity index is 760. The molecular weight excluding hydrogens is 332 g/mol. The fourth-order valence-corrected chi connectivity index (χ4v) is 2.40. The average Bonchev–Trinajstić information content (AvgIpc) is 2.87. The molecule has 24 heavy (non-hydrogen) atoms. The lowest BCUT2D eigenvalue weighted by atomic mass is 10.2. The van der Waals surface area contributed by atoms with Crippen LogP contribution in [0.5, 0.6) is 0 Å². The normalized spacial score (nSPS) is 11.8. The molecule has 7 nitrogen and oxygen atoms in total. The lowest BCUT2D eigenvalue weighted by Crippen LogP contribution is -2.36. The molecule has 0 aliphatic carbocycles. The SMILES string of the molecule is Cc1cc(NC(=O)N(C)CC(C)C(=O)O)nn1-c1ccccc1Cl. The molecule has 0 aliphatic heterocycles. The molecule has 1 atom stereocenters. The number of hydrogen-bond acceptors (Lipinski definition) is 3. The van der Waals surface area contributed by atoms with Gasteiger partial charge in [-0.05, 0) is 19.1 Å². The minimum atomic E-state index is -0.950. The van der Waals surface area contributed by atoms with Crippen LogP contribution in [0.15, 0.2) is 30.3 Å². The van der Waals surface area contributed by atoms with E-state index in [-0.39, 0.29) is 6.54 Å². The van der Waals surface area contributed by atoms with Gasteiger partial charge in [-0.2, -0.15) is 0 Å². The molecule has 2 rings (SSSR count). The van der Waals surface area contributed by atoms with Crippen molar-refractivity contribution < 1.29 is 14.7 Å². The van der Waals surface area contributed by atoms with Crippen LogP contribution in [0, 0.1) is 12.8 Å². The number of rotatable bonds is 5. The summed E-state index contributed by atoms with van der Waals surface area (Å²) in [6.45, 7) is 3.50. The molecule has 0 bridgehead atoms. The van der Waals surface area contributed by atoms with E-state index >= 15 is 0 Å².